The second-order valence-electron chi connectivity index (χ2n) is 4.77. The van der Waals surface area contributed by atoms with Gasteiger partial charge >= 0.3 is 0 Å². The molecular weight excluding hydrogens is 247 g/mol. The fraction of sp³-hybridized carbons (Fsp3) is 0.357. The molecule has 1 saturated carbocycles. The van der Waals surface area contributed by atoms with Gasteiger partial charge in [0.05, 0.1) is 5.69 Å². The van der Waals surface area contributed by atoms with Crippen molar-refractivity contribution in [2.75, 3.05) is 0 Å². The molecule has 1 aliphatic rings. The van der Waals surface area contributed by atoms with Crippen molar-refractivity contribution in [3.63, 3.8) is 0 Å². The lowest BCUT2D eigenvalue weighted by Gasteiger charge is -1.99. The topological polar surface area (TPSA) is 38.9 Å². The number of hydrogen-bond donors (Lipinski definition) is 1. The fourth-order valence-electron chi connectivity index (χ4n) is 2.03. The molecule has 0 atom stereocenters. The molecule has 2 N–H and O–H groups in total. The Hall–Kier alpha value is -1.26. The highest BCUT2D eigenvalue weighted by Gasteiger charge is 2.29. The number of hydrogen-bond acceptors (Lipinski definition) is 3. The summed E-state index contributed by atoms with van der Waals surface area (Å²) >= 11 is 1.59. The highest BCUT2D eigenvalue weighted by atomic mass is 32.1. The zero-order chi connectivity index (χ0) is 12.7. The lowest BCUT2D eigenvalue weighted by atomic mass is 10.1. The molecule has 0 aliphatic heterocycles. The van der Waals surface area contributed by atoms with Crippen LogP contribution in [0.1, 0.15) is 34.9 Å². The van der Waals surface area contributed by atoms with Gasteiger partial charge in [-0.2, -0.15) is 0 Å². The second-order valence-corrected chi connectivity index (χ2v) is 5.85. The van der Waals surface area contributed by atoms with Crippen molar-refractivity contribution in [1.29, 1.82) is 0 Å². The molecule has 0 spiro atoms. The quantitative estimate of drug-likeness (QED) is 0.918. The van der Waals surface area contributed by atoms with E-state index in [1.54, 1.807) is 30.4 Å². The Morgan fingerprint density at radius 2 is 2.22 bits per heavy atom. The zero-order valence-corrected chi connectivity index (χ0v) is 11.1. The monoisotopic (exact) mass is 262 g/mol. The van der Waals surface area contributed by atoms with Crippen molar-refractivity contribution >= 4 is 11.3 Å². The molecular formula is C14H15FN2S. The van der Waals surface area contributed by atoms with Gasteiger partial charge in [-0.15, -0.1) is 11.3 Å². The van der Waals surface area contributed by atoms with Crippen molar-refractivity contribution in [2.24, 2.45) is 5.73 Å². The SMILES string of the molecule is Cc1ccc(-c2nc(C3CC3)c(CN)s2)cc1F. The Morgan fingerprint density at radius 3 is 2.83 bits per heavy atom. The molecule has 94 valence electrons. The van der Waals surface area contributed by atoms with Gasteiger partial charge in [0.25, 0.3) is 0 Å². The number of thiazole rings is 1. The van der Waals surface area contributed by atoms with Crippen LogP contribution in [0, 0.1) is 12.7 Å². The summed E-state index contributed by atoms with van der Waals surface area (Å²) in [7, 11) is 0. The number of nitrogens with zero attached hydrogens (tertiary/aromatic N) is 1. The molecule has 0 bridgehead atoms. The number of halogens is 1. The molecule has 1 aliphatic carbocycles. The molecule has 0 unspecified atom stereocenters. The van der Waals surface area contributed by atoms with E-state index in [4.69, 9.17) is 5.73 Å². The average Bonchev–Trinajstić information content (AvgIpc) is 3.12. The van der Waals surface area contributed by atoms with Crippen molar-refractivity contribution in [1.82, 2.24) is 4.98 Å². The normalized spacial score (nSPS) is 15.1. The lowest BCUT2D eigenvalue weighted by molar-refractivity contribution is 0.619. The molecule has 1 fully saturated rings. The van der Waals surface area contributed by atoms with Crippen molar-refractivity contribution in [3.8, 4) is 10.6 Å². The van der Waals surface area contributed by atoms with Crippen LogP contribution in [-0.4, -0.2) is 4.98 Å². The van der Waals surface area contributed by atoms with Gasteiger partial charge in [0.2, 0.25) is 0 Å². The number of aromatic nitrogens is 1. The van der Waals surface area contributed by atoms with Gasteiger partial charge in [0, 0.05) is 22.9 Å². The van der Waals surface area contributed by atoms with Gasteiger partial charge in [-0.1, -0.05) is 12.1 Å². The van der Waals surface area contributed by atoms with E-state index in [1.807, 2.05) is 6.07 Å². The summed E-state index contributed by atoms with van der Waals surface area (Å²) < 4.78 is 13.6. The third kappa shape index (κ3) is 2.06. The maximum absolute atomic E-state index is 13.6. The molecule has 1 heterocycles. The van der Waals surface area contributed by atoms with Crippen LogP contribution >= 0.6 is 11.3 Å². The Balaban J connectivity index is 2.02. The number of benzene rings is 1. The first-order valence-electron chi connectivity index (χ1n) is 6.15. The molecule has 18 heavy (non-hydrogen) atoms. The number of nitrogens with two attached hydrogens (primary N) is 1. The largest absolute Gasteiger partial charge is 0.326 e. The Labute approximate surface area is 110 Å². The minimum Gasteiger partial charge on any atom is -0.326 e. The second kappa shape index (κ2) is 4.44. The van der Waals surface area contributed by atoms with Crippen LogP contribution < -0.4 is 5.73 Å². The van der Waals surface area contributed by atoms with Crippen LogP contribution in [-0.2, 0) is 6.54 Å². The molecule has 2 aromatic rings. The van der Waals surface area contributed by atoms with Crippen LogP contribution in [0.25, 0.3) is 10.6 Å². The molecule has 0 saturated heterocycles. The van der Waals surface area contributed by atoms with Crippen molar-refractivity contribution in [2.45, 2.75) is 32.2 Å². The third-order valence-electron chi connectivity index (χ3n) is 3.30. The van der Waals surface area contributed by atoms with E-state index in [9.17, 15) is 4.39 Å². The molecule has 0 amide bonds. The minimum absolute atomic E-state index is 0.176. The summed E-state index contributed by atoms with van der Waals surface area (Å²) in [6.45, 7) is 2.29. The Bertz CT molecular complexity index is 587. The summed E-state index contributed by atoms with van der Waals surface area (Å²) in [5, 5.41) is 0.885. The van der Waals surface area contributed by atoms with E-state index in [2.05, 4.69) is 4.98 Å². The highest BCUT2D eigenvalue weighted by molar-refractivity contribution is 7.15. The molecule has 4 heteroatoms. The van der Waals surface area contributed by atoms with Crippen LogP contribution in [0.2, 0.25) is 0 Å². The first-order chi connectivity index (χ1) is 8.69. The van der Waals surface area contributed by atoms with Gasteiger partial charge in [-0.05, 0) is 31.4 Å². The predicted octanol–water partition coefficient (Wildman–Crippen LogP) is 3.59. The van der Waals surface area contributed by atoms with E-state index in [0.29, 0.717) is 18.0 Å². The smallest absolute Gasteiger partial charge is 0.126 e. The summed E-state index contributed by atoms with van der Waals surface area (Å²) in [6.07, 6.45) is 2.41. The molecule has 3 rings (SSSR count). The van der Waals surface area contributed by atoms with E-state index in [-0.39, 0.29) is 5.82 Å². The van der Waals surface area contributed by atoms with E-state index in [0.717, 1.165) is 21.1 Å². The minimum atomic E-state index is -0.176. The third-order valence-corrected chi connectivity index (χ3v) is 4.44. The predicted molar refractivity (Wildman–Crippen MR) is 72.1 cm³/mol. The van der Waals surface area contributed by atoms with Crippen LogP contribution in [0.3, 0.4) is 0 Å². The Morgan fingerprint density at radius 1 is 1.44 bits per heavy atom. The maximum atomic E-state index is 13.6. The van der Waals surface area contributed by atoms with Gasteiger partial charge in [0.15, 0.2) is 0 Å². The summed E-state index contributed by atoms with van der Waals surface area (Å²) in [6, 6.07) is 5.28. The van der Waals surface area contributed by atoms with Crippen molar-refractivity contribution in [3.05, 3.63) is 40.2 Å². The number of aryl methyl sites for hydroxylation is 1. The zero-order valence-electron chi connectivity index (χ0n) is 10.2. The van der Waals surface area contributed by atoms with Gasteiger partial charge < -0.3 is 5.73 Å². The van der Waals surface area contributed by atoms with E-state index < -0.39 is 0 Å². The molecule has 0 radical (unpaired) electrons. The maximum Gasteiger partial charge on any atom is 0.126 e. The summed E-state index contributed by atoms with van der Waals surface area (Å²) in [4.78, 5) is 5.80. The first kappa shape index (κ1) is 11.8. The summed E-state index contributed by atoms with van der Waals surface area (Å²) in [5.41, 5.74) is 8.41. The van der Waals surface area contributed by atoms with E-state index >= 15 is 0 Å². The van der Waals surface area contributed by atoms with Crippen LogP contribution in [0.15, 0.2) is 18.2 Å². The standard InChI is InChI=1S/C14H15FN2S/c1-8-2-3-10(6-11(8)15)14-17-13(9-4-5-9)12(7-16)18-14/h2-3,6,9H,4-5,7,16H2,1H3. The van der Waals surface area contributed by atoms with Gasteiger partial charge in [-0.3, -0.25) is 0 Å². The number of rotatable bonds is 3. The van der Waals surface area contributed by atoms with E-state index in [1.165, 1.54) is 12.8 Å². The van der Waals surface area contributed by atoms with Crippen molar-refractivity contribution < 1.29 is 4.39 Å². The fourth-order valence-corrected chi connectivity index (χ4v) is 3.06. The van der Waals surface area contributed by atoms with Gasteiger partial charge in [-0.25, -0.2) is 9.37 Å². The Kier molecular flexibility index (Phi) is 2.92. The van der Waals surface area contributed by atoms with Gasteiger partial charge in [0.1, 0.15) is 10.8 Å². The average molecular weight is 262 g/mol. The molecule has 1 aromatic carbocycles. The lowest BCUT2D eigenvalue weighted by Crippen LogP contribution is -1.96. The van der Waals surface area contributed by atoms with Crippen LogP contribution in [0.4, 0.5) is 4.39 Å². The molecule has 2 nitrogen and oxygen atoms in total. The van der Waals surface area contributed by atoms with Crippen LogP contribution in [0.5, 0.6) is 0 Å². The first-order valence-corrected chi connectivity index (χ1v) is 6.97. The highest BCUT2D eigenvalue weighted by Crippen LogP contribution is 2.44. The molecule has 1 aromatic heterocycles. The summed E-state index contributed by atoms with van der Waals surface area (Å²) in [5.74, 6) is 0.411.